The van der Waals surface area contributed by atoms with Crippen molar-refractivity contribution in [1.82, 2.24) is 15.1 Å². The van der Waals surface area contributed by atoms with E-state index >= 15 is 0 Å². The van der Waals surface area contributed by atoms with Crippen molar-refractivity contribution in [3.05, 3.63) is 64.7 Å². The molecule has 2 aromatic rings. The van der Waals surface area contributed by atoms with Crippen molar-refractivity contribution < 1.29 is 23.9 Å². The first kappa shape index (κ1) is 23.6. The predicted molar refractivity (Wildman–Crippen MR) is 129 cm³/mol. The summed E-state index contributed by atoms with van der Waals surface area (Å²) in [5.41, 5.74) is 0.0319. The Morgan fingerprint density at radius 3 is 2.40 bits per heavy atom. The van der Waals surface area contributed by atoms with E-state index in [0.29, 0.717) is 47.8 Å². The fraction of sp³-hybridized carbons (Fsp3) is 0.423. The van der Waals surface area contributed by atoms with E-state index in [1.54, 1.807) is 65.4 Å². The van der Waals surface area contributed by atoms with E-state index in [2.05, 4.69) is 5.32 Å². The van der Waals surface area contributed by atoms with E-state index in [4.69, 9.17) is 21.1 Å². The second-order valence-corrected chi connectivity index (χ2v) is 9.70. The highest BCUT2D eigenvalue weighted by molar-refractivity contribution is 6.30. The lowest BCUT2D eigenvalue weighted by molar-refractivity contribution is -0.128. The molecular weight excluding hydrogens is 470 g/mol. The van der Waals surface area contributed by atoms with Crippen LogP contribution in [-0.2, 0) is 9.53 Å². The Hall–Kier alpha value is -3.10. The summed E-state index contributed by atoms with van der Waals surface area (Å²) in [5.74, 6) is -0.00861. The average Bonchev–Trinajstić information content (AvgIpc) is 3.63. The Kier molecular flexibility index (Phi) is 6.42. The van der Waals surface area contributed by atoms with Crippen LogP contribution in [0.15, 0.2) is 48.5 Å². The zero-order valence-corrected chi connectivity index (χ0v) is 20.3. The smallest absolute Gasteiger partial charge is 0.257 e. The van der Waals surface area contributed by atoms with Crippen LogP contribution in [0.2, 0.25) is 5.02 Å². The van der Waals surface area contributed by atoms with Gasteiger partial charge in [0.1, 0.15) is 17.5 Å². The number of carbonyl (C=O) groups excluding carboxylic acids is 3. The minimum atomic E-state index is -0.956. The van der Waals surface area contributed by atoms with Gasteiger partial charge < -0.3 is 19.7 Å². The first-order valence-corrected chi connectivity index (χ1v) is 12.2. The van der Waals surface area contributed by atoms with Crippen LogP contribution in [0.25, 0.3) is 0 Å². The number of hydrogen-bond acceptors (Lipinski definition) is 5. The lowest BCUT2D eigenvalue weighted by Crippen LogP contribution is -2.60. The van der Waals surface area contributed by atoms with Gasteiger partial charge in [-0.25, -0.2) is 0 Å². The maximum absolute atomic E-state index is 13.8. The van der Waals surface area contributed by atoms with Crippen LogP contribution in [0.4, 0.5) is 0 Å². The van der Waals surface area contributed by atoms with Crippen molar-refractivity contribution >= 4 is 29.3 Å². The van der Waals surface area contributed by atoms with Crippen LogP contribution in [-0.4, -0.2) is 72.1 Å². The number of nitrogens with one attached hydrogen (secondary N) is 1. The molecule has 3 aliphatic rings. The van der Waals surface area contributed by atoms with Gasteiger partial charge in [0.05, 0.1) is 13.7 Å². The summed E-state index contributed by atoms with van der Waals surface area (Å²) >= 11 is 5.95. The molecule has 1 atom stereocenters. The minimum Gasteiger partial charge on any atom is -0.497 e. The molecule has 1 spiro atoms. The van der Waals surface area contributed by atoms with Gasteiger partial charge in [0, 0.05) is 48.1 Å². The van der Waals surface area contributed by atoms with Crippen molar-refractivity contribution in [3.63, 3.8) is 0 Å². The highest BCUT2D eigenvalue weighted by atomic mass is 35.5. The summed E-state index contributed by atoms with van der Waals surface area (Å²) in [6.07, 6.45) is 2.73. The van der Waals surface area contributed by atoms with Crippen molar-refractivity contribution in [2.75, 3.05) is 26.8 Å². The first-order chi connectivity index (χ1) is 16.9. The normalized spacial score (nSPS) is 21.1. The number of likely N-dealkylation sites (tertiary alicyclic amines) is 1. The van der Waals surface area contributed by atoms with Gasteiger partial charge in [-0.05, 0) is 55.3 Å². The third-order valence-electron chi connectivity index (χ3n) is 6.95. The van der Waals surface area contributed by atoms with Crippen LogP contribution in [0.5, 0.6) is 5.75 Å². The molecule has 35 heavy (non-hydrogen) atoms. The van der Waals surface area contributed by atoms with Crippen LogP contribution in [0.1, 0.15) is 46.4 Å². The summed E-state index contributed by atoms with van der Waals surface area (Å²) in [5, 5.41) is 3.59. The monoisotopic (exact) mass is 497 g/mol. The van der Waals surface area contributed by atoms with Crippen molar-refractivity contribution in [3.8, 4) is 5.75 Å². The zero-order valence-electron chi connectivity index (χ0n) is 19.5. The second kappa shape index (κ2) is 9.51. The summed E-state index contributed by atoms with van der Waals surface area (Å²) in [7, 11) is 1.54. The Morgan fingerprint density at radius 2 is 1.74 bits per heavy atom. The van der Waals surface area contributed by atoms with E-state index in [-0.39, 0.29) is 30.4 Å². The maximum Gasteiger partial charge on any atom is 0.257 e. The number of ether oxygens (including phenoxy) is 2. The SMILES string of the molecule is COc1cccc(C(=O)N2[C@@H](C(=O)NC3CC3)COC23CCN(C(=O)c2ccc(Cl)cc2)CC3)c1. The molecule has 1 aliphatic carbocycles. The van der Waals surface area contributed by atoms with Crippen LogP contribution >= 0.6 is 11.6 Å². The van der Waals surface area contributed by atoms with Crippen molar-refractivity contribution in [2.45, 2.75) is 43.5 Å². The number of amides is 3. The van der Waals surface area contributed by atoms with Gasteiger partial charge in [0.25, 0.3) is 11.8 Å². The van der Waals surface area contributed by atoms with E-state index in [9.17, 15) is 14.4 Å². The molecule has 1 N–H and O–H groups in total. The molecule has 0 radical (unpaired) electrons. The van der Waals surface area contributed by atoms with Gasteiger partial charge in [-0.3, -0.25) is 19.3 Å². The number of benzene rings is 2. The molecule has 1 saturated carbocycles. The Labute approximate surface area is 209 Å². The van der Waals surface area contributed by atoms with Gasteiger partial charge in [0.2, 0.25) is 5.91 Å². The van der Waals surface area contributed by atoms with Crippen LogP contribution in [0, 0.1) is 0 Å². The molecule has 3 amide bonds. The Balaban J connectivity index is 1.38. The Bertz CT molecular complexity index is 1130. The largest absolute Gasteiger partial charge is 0.497 e. The van der Waals surface area contributed by atoms with Gasteiger partial charge in [0.15, 0.2) is 0 Å². The molecule has 8 nitrogen and oxygen atoms in total. The van der Waals surface area contributed by atoms with E-state index in [0.717, 1.165) is 12.8 Å². The summed E-state index contributed by atoms with van der Waals surface area (Å²) in [6, 6.07) is 13.1. The predicted octanol–water partition coefficient (Wildman–Crippen LogP) is 3.10. The minimum absolute atomic E-state index is 0.0942. The van der Waals surface area contributed by atoms with Gasteiger partial charge >= 0.3 is 0 Å². The summed E-state index contributed by atoms with van der Waals surface area (Å²) in [6.45, 7) is 0.931. The molecule has 5 rings (SSSR count). The van der Waals surface area contributed by atoms with Crippen molar-refractivity contribution in [1.29, 1.82) is 0 Å². The number of hydrogen-bond donors (Lipinski definition) is 1. The quantitative estimate of drug-likeness (QED) is 0.685. The molecule has 2 aliphatic heterocycles. The zero-order chi connectivity index (χ0) is 24.6. The highest BCUT2D eigenvalue weighted by Crippen LogP contribution is 2.39. The third-order valence-corrected chi connectivity index (χ3v) is 7.20. The number of rotatable bonds is 5. The van der Waals surface area contributed by atoms with Crippen LogP contribution in [0.3, 0.4) is 0 Å². The lowest BCUT2D eigenvalue weighted by atomic mass is 9.96. The van der Waals surface area contributed by atoms with Crippen LogP contribution < -0.4 is 10.1 Å². The van der Waals surface area contributed by atoms with Crippen molar-refractivity contribution in [2.24, 2.45) is 0 Å². The van der Waals surface area contributed by atoms with Gasteiger partial charge in [-0.1, -0.05) is 17.7 Å². The second-order valence-electron chi connectivity index (χ2n) is 9.26. The summed E-state index contributed by atoms with van der Waals surface area (Å²) < 4.78 is 11.5. The van der Waals surface area contributed by atoms with E-state index < -0.39 is 11.8 Å². The fourth-order valence-electron chi connectivity index (χ4n) is 4.82. The van der Waals surface area contributed by atoms with E-state index in [1.165, 1.54) is 0 Å². The Morgan fingerprint density at radius 1 is 1.03 bits per heavy atom. The molecule has 2 heterocycles. The fourth-order valence-corrected chi connectivity index (χ4v) is 4.95. The third kappa shape index (κ3) is 4.73. The topological polar surface area (TPSA) is 88.2 Å². The maximum atomic E-state index is 13.8. The number of nitrogens with zero attached hydrogens (tertiary/aromatic N) is 2. The molecule has 0 bridgehead atoms. The molecule has 2 saturated heterocycles. The summed E-state index contributed by atoms with van der Waals surface area (Å²) in [4.78, 5) is 43.2. The first-order valence-electron chi connectivity index (χ1n) is 11.9. The number of methoxy groups -OCH3 is 1. The number of piperidine rings is 1. The molecule has 3 fully saturated rings. The molecule has 9 heteroatoms. The average molecular weight is 498 g/mol. The molecule has 2 aromatic carbocycles. The highest BCUT2D eigenvalue weighted by Gasteiger charge is 2.54. The molecular formula is C26H28ClN3O5. The molecule has 184 valence electrons. The standard InChI is InChI=1S/C26H28ClN3O5/c1-34-21-4-2-3-18(15-21)25(33)30-22(23(31)28-20-9-10-20)16-35-26(30)11-13-29(14-12-26)24(32)17-5-7-19(27)8-6-17/h2-8,15,20,22H,9-14,16H2,1H3,(H,28,31)/t22-/m1/s1. The number of carbonyl (C=O) groups is 3. The molecule has 0 unspecified atom stereocenters. The van der Waals surface area contributed by atoms with Gasteiger partial charge in [-0.2, -0.15) is 0 Å². The van der Waals surface area contributed by atoms with E-state index in [1.807, 2.05) is 0 Å². The lowest BCUT2D eigenvalue weighted by Gasteiger charge is -2.44. The molecule has 0 aromatic heterocycles. The van der Waals surface area contributed by atoms with Gasteiger partial charge in [-0.15, -0.1) is 0 Å². The number of halogens is 1.